The van der Waals surface area contributed by atoms with Crippen LogP contribution in [0.1, 0.15) is 44.5 Å². The van der Waals surface area contributed by atoms with Gasteiger partial charge in [0.15, 0.2) is 5.78 Å². The van der Waals surface area contributed by atoms with Crippen LogP contribution in [0.4, 0.5) is 0 Å². The van der Waals surface area contributed by atoms with E-state index < -0.39 is 0 Å². The van der Waals surface area contributed by atoms with Crippen molar-refractivity contribution in [3.8, 4) is 5.75 Å². The van der Waals surface area contributed by atoms with E-state index in [1.54, 1.807) is 18.5 Å². The summed E-state index contributed by atoms with van der Waals surface area (Å²) >= 11 is 0. The highest BCUT2D eigenvalue weighted by Gasteiger charge is 2.19. The Balaban J connectivity index is 2.80. The average Bonchev–Trinajstić information content (AvgIpc) is 2.34. The van der Waals surface area contributed by atoms with E-state index in [0.29, 0.717) is 23.8 Å². The van der Waals surface area contributed by atoms with Crippen LogP contribution in [0.3, 0.4) is 0 Å². The zero-order chi connectivity index (χ0) is 12.8. The van der Waals surface area contributed by atoms with Gasteiger partial charge < -0.3 is 4.74 Å². The van der Waals surface area contributed by atoms with Gasteiger partial charge >= 0.3 is 0 Å². The summed E-state index contributed by atoms with van der Waals surface area (Å²) in [7, 11) is 0. The number of ether oxygens (including phenoxy) is 1. The third-order valence-electron chi connectivity index (χ3n) is 2.88. The van der Waals surface area contributed by atoms with Crippen LogP contribution < -0.4 is 4.74 Å². The fourth-order valence-electron chi connectivity index (χ4n) is 1.42. The lowest BCUT2D eigenvalue weighted by Gasteiger charge is -2.14. The van der Waals surface area contributed by atoms with Crippen LogP contribution in [0.15, 0.2) is 18.5 Å². The minimum atomic E-state index is 0.0122. The van der Waals surface area contributed by atoms with Gasteiger partial charge in [0.05, 0.1) is 12.8 Å². The molecule has 1 aromatic rings. The van der Waals surface area contributed by atoms with E-state index in [2.05, 4.69) is 4.98 Å². The average molecular weight is 235 g/mol. The second-order valence-corrected chi connectivity index (χ2v) is 4.65. The lowest BCUT2D eigenvalue weighted by Crippen LogP contribution is -2.17. The normalized spacial score (nSPS) is 12.5. The first-order valence-corrected chi connectivity index (χ1v) is 6.18. The van der Waals surface area contributed by atoms with Gasteiger partial charge in [0.2, 0.25) is 0 Å². The highest BCUT2D eigenvalue weighted by molar-refractivity contribution is 5.97. The molecule has 1 unspecified atom stereocenters. The van der Waals surface area contributed by atoms with Crippen molar-refractivity contribution in [3.63, 3.8) is 0 Å². The Morgan fingerprint density at radius 2 is 2.06 bits per heavy atom. The van der Waals surface area contributed by atoms with E-state index in [4.69, 9.17) is 4.74 Å². The maximum Gasteiger partial charge on any atom is 0.167 e. The molecule has 0 N–H and O–H groups in total. The Morgan fingerprint density at radius 3 is 2.65 bits per heavy atom. The van der Waals surface area contributed by atoms with E-state index in [1.165, 1.54) is 0 Å². The highest BCUT2D eigenvalue weighted by Crippen LogP contribution is 2.19. The molecular weight excluding hydrogens is 214 g/mol. The van der Waals surface area contributed by atoms with E-state index in [1.807, 2.05) is 27.7 Å². The van der Waals surface area contributed by atoms with Crippen LogP contribution in [-0.4, -0.2) is 17.4 Å². The number of pyridine rings is 1. The van der Waals surface area contributed by atoms with Gasteiger partial charge in [-0.25, -0.2) is 0 Å². The van der Waals surface area contributed by atoms with Gasteiger partial charge in [-0.3, -0.25) is 9.78 Å². The number of aromatic nitrogens is 1. The maximum absolute atomic E-state index is 12.1. The molecule has 0 saturated carbocycles. The first kappa shape index (κ1) is 13.7. The van der Waals surface area contributed by atoms with Crippen molar-refractivity contribution in [2.75, 3.05) is 6.61 Å². The van der Waals surface area contributed by atoms with Crippen LogP contribution in [0.5, 0.6) is 5.75 Å². The number of Topliss-reactive ketones (excluding diaryl/α,β-unsaturated/α-hetero) is 1. The molecule has 3 nitrogen and oxygen atoms in total. The molecule has 0 radical (unpaired) electrons. The molecule has 0 aliphatic heterocycles. The summed E-state index contributed by atoms with van der Waals surface area (Å²) in [6.07, 6.45) is 4.20. The van der Waals surface area contributed by atoms with Crippen LogP contribution in [-0.2, 0) is 0 Å². The summed E-state index contributed by atoms with van der Waals surface area (Å²) in [5.74, 6) is 1.16. The standard InChI is InChI=1S/C14H21NO2/c1-5-6-17-13-7-12(8-15-9-13)14(16)11(4)10(2)3/h7-11H,5-6H2,1-4H3. The predicted molar refractivity (Wildman–Crippen MR) is 68.4 cm³/mol. The minimum Gasteiger partial charge on any atom is -0.492 e. The third-order valence-corrected chi connectivity index (χ3v) is 2.88. The maximum atomic E-state index is 12.1. The predicted octanol–water partition coefficient (Wildman–Crippen LogP) is 3.35. The van der Waals surface area contributed by atoms with Crippen LogP contribution in [0.25, 0.3) is 0 Å². The SMILES string of the molecule is CCCOc1cncc(C(=O)C(C)C(C)C)c1. The van der Waals surface area contributed by atoms with E-state index >= 15 is 0 Å². The van der Waals surface area contributed by atoms with Gasteiger partial charge in [0, 0.05) is 17.7 Å². The second kappa shape index (κ2) is 6.38. The van der Waals surface area contributed by atoms with Crippen molar-refractivity contribution in [3.05, 3.63) is 24.0 Å². The fraction of sp³-hybridized carbons (Fsp3) is 0.571. The number of ketones is 1. The molecule has 17 heavy (non-hydrogen) atoms. The molecule has 0 spiro atoms. The number of rotatable bonds is 6. The summed E-state index contributed by atoms with van der Waals surface area (Å²) in [5, 5.41) is 0. The zero-order valence-electron chi connectivity index (χ0n) is 11.1. The second-order valence-electron chi connectivity index (χ2n) is 4.65. The Hall–Kier alpha value is -1.38. The molecule has 94 valence electrons. The molecule has 0 aliphatic rings. The number of carbonyl (C=O) groups excluding carboxylic acids is 1. The molecule has 0 aromatic carbocycles. The van der Waals surface area contributed by atoms with Gasteiger partial charge in [0.25, 0.3) is 0 Å². The highest BCUT2D eigenvalue weighted by atomic mass is 16.5. The molecular formula is C14H21NO2. The summed E-state index contributed by atoms with van der Waals surface area (Å²) < 4.78 is 5.47. The largest absolute Gasteiger partial charge is 0.492 e. The molecule has 3 heteroatoms. The molecule has 0 fully saturated rings. The van der Waals surface area contributed by atoms with Crippen molar-refractivity contribution in [1.29, 1.82) is 0 Å². The molecule has 1 rings (SSSR count). The van der Waals surface area contributed by atoms with Crippen molar-refractivity contribution in [2.24, 2.45) is 11.8 Å². The van der Waals surface area contributed by atoms with E-state index in [-0.39, 0.29) is 11.7 Å². The number of carbonyl (C=O) groups is 1. The summed E-state index contributed by atoms with van der Waals surface area (Å²) in [4.78, 5) is 16.2. The zero-order valence-corrected chi connectivity index (χ0v) is 11.1. The summed E-state index contributed by atoms with van der Waals surface area (Å²) in [6.45, 7) is 8.75. The molecule has 1 atom stereocenters. The van der Waals surface area contributed by atoms with E-state index in [9.17, 15) is 4.79 Å². The number of nitrogens with zero attached hydrogens (tertiary/aromatic N) is 1. The first-order chi connectivity index (χ1) is 8.06. The van der Waals surface area contributed by atoms with Gasteiger partial charge in [-0.2, -0.15) is 0 Å². The van der Waals surface area contributed by atoms with Crippen molar-refractivity contribution < 1.29 is 9.53 Å². The molecule has 0 saturated heterocycles. The van der Waals surface area contributed by atoms with Crippen LogP contribution >= 0.6 is 0 Å². The Kier molecular flexibility index (Phi) is 5.13. The van der Waals surface area contributed by atoms with E-state index in [0.717, 1.165) is 6.42 Å². The first-order valence-electron chi connectivity index (χ1n) is 6.18. The fourth-order valence-corrected chi connectivity index (χ4v) is 1.42. The topological polar surface area (TPSA) is 39.2 Å². The Morgan fingerprint density at radius 1 is 1.35 bits per heavy atom. The monoisotopic (exact) mass is 235 g/mol. The molecule has 0 bridgehead atoms. The Bertz CT molecular complexity index is 374. The molecule has 1 aromatic heterocycles. The Labute approximate surface area is 103 Å². The van der Waals surface area contributed by atoms with Crippen LogP contribution in [0.2, 0.25) is 0 Å². The van der Waals surface area contributed by atoms with Gasteiger partial charge in [-0.15, -0.1) is 0 Å². The van der Waals surface area contributed by atoms with Crippen molar-refractivity contribution >= 4 is 5.78 Å². The number of hydrogen-bond donors (Lipinski definition) is 0. The van der Waals surface area contributed by atoms with Gasteiger partial charge in [-0.05, 0) is 18.4 Å². The minimum absolute atomic E-state index is 0.0122. The molecule has 1 heterocycles. The lowest BCUT2D eigenvalue weighted by atomic mass is 9.90. The van der Waals surface area contributed by atoms with Crippen molar-refractivity contribution in [2.45, 2.75) is 34.1 Å². The quantitative estimate of drug-likeness (QED) is 0.710. The van der Waals surface area contributed by atoms with Crippen molar-refractivity contribution in [1.82, 2.24) is 4.98 Å². The summed E-state index contributed by atoms with van der Waals surface area (Å²) in [5.41, 5.74) is 0.639. The molecule has 0 amide bonds. The van der Waals surface area contributed by atoms with Crippen LogP contribution in [0, 0.1) is 11.8 Å². The lowest BCUT2D eigenvalue weighted by molar-refractivity contribution is 0.0899. The smallest absolute Gasteiger partial charge is 0.167 e. The summed E-state index contributed by atoms with van der Waals surface area (Å²) in [6, 6.07) is 1.78. The molecule has 0 aliphatic carbocycles. The van der Waals surface area contributed by atoms with Gasteiger partial charge in [-0.1, -0.05) is 27.7 Å². The number of hydrogen-bond acceptors (Lipinski definition) is 3. The third kappa shape index (κ3) is 3.84. The van der Waals surface area contributed by atoms with Gasteiger partial charge in [0.1, 0.15) is 5.75 Å².